The molecule has 1 aromatic heterocycles. The number of nitrogens with one attached hydrogen (secondary N) is 1. The number of nitriles is 1. The maximum absolute atomic E-state index is 9.29. The van der Waals surface area contributed by atoms with E-state index in [-0.39, 0.29) is 0 Å². The summed E-state index contributed by atoms with van der Waals surface area (Å²) in [6.45, 7) is 2.72. The van der Waals surface area contributed by atoms with E-state index in [4.69, 9.17) is 4.74 Å². The molecule has 2 aromatic rings. The first-order chi connectivity index (χ1) is 10.2. The Hall–Kier alpha value is -2.38. The molecule has 3 rings (SSSR count). The van der Waals surface area contributed by atoms with Crippen LogP contribution in [0, 0.1) is 18.3 Å². The van der Waals surface area contributed by atoms with Gasteiger partial charge in [0, 0.05) is 18.3 Å². The maximum atomic E-state index is 9.29. The van der Waals surface area contributed by atoms with Crippen molar-refractivity contribution in [3.05, 3.63) is 53.3 Å². The van der Waals surface area contributed by atoms with Crippen molar-refractivity contribution in [1.82, 2.24) is 10.3 Å². The second kappa shape index (κ2) is 5.94. The summed E-state index contributed by atoms with van der Waals surface area (Å²) in [5, 5.41) is 12.7. The van der Waals surface area contributed by atoms with E-state index in [2.05, 4.69) is 16.4 Å². The van der Waals surface area contributed by atoms with Crippen molar-refractivity contribution in [3.63, 3.8) is 0 Å². The van der Waals surface area contributed by atoms with E-state index < -0.39 is 0 Å². The zero-order chi connectivity index (χ0) is 14.7. The summed E-state index contributed by atoms with van der Waals surface area (Å²) in [6.07, 6.45) is 4.18. The number of rotatable bonds is 5. The van der Waals surface area contributed by atoms with Crippen LogP contribution in [0.3, 0.4) is 0 Å². The van der Waals surface area contributed by atoms with Gasteiger partial charge in [-0.3, -0.25) is 4.98 Å². The molecule has 0 spiro atoms. The molecule has 1 aliphatic rings. The summed E-state index contributed by atoms with van der Waals surface area (Å²) in [5.41, 5.74) is 2.59. The molecule has 106 valence electrons. The van der Waals surface area contributed by atoms with Crippen molar-refractivity contribution in [1.29, 1.82) is 5.26 Å². The summed E-state index contributed by atoms with van der Waals surface area (Å²) in [4.78, 5) is 4.19. The average molecular weight is 279 g/mol. The van der Waals surface area contributed by atoms with Gasteiger partial charge < -0.3 is 10.1 Å². The van der Waals surface area contributed by atoms with Gasteiger partial charge >= 0.3 is 0 Å². The summed E-state index contributed by atoms with van der Waals surface area (Å²) in [6, 6.07) is 12.3. The topological polar surface area (TPSA) is 57.9 Å². The van der Waals surface area contributed by atoms with Gasteiger partial charge in [0.25, 0.3) is 0 Å². The summed E-state index contributed by atoms with van der Waals surface area (Å²) in [5.74, 6) is 1.21. The predicted octanol–water partition coefficient (Wildman–Crippen LogP) is 3.31. The van der Waals surface area contributed by atoms with Crippen LogP contribution in [-0.2, 0) is 6.54 Å². The van der Waals surface area contributed by atoms with Gasteiger partial charge in [0.05, 0.1) is 11.8 Å². The van der Waals surface area contributed by atoms with Crippen LogP contribution in [0.4, 0.5) is 0 Å². The van der Waals surface area contributed by atoms with E-state index in [1.165, 1.54) is 12.8 Å². The lowest BCUT2D eigenvalue weighted by Gasteiger charge is -2.09. The zero-order valence-electron chi connectivity index (χ0n) is 12.0. The van der Waals surface area contributed by atoms with Crippen molar-refractivity contribution in [2.75, 3.05) is 0 Å². The van der Waals surface area contributed by atoms with Crippen LogP contribution in [0.5, 0.6) is 11.5 Å². The Balaban J connectivity index is 1.74. The lowest BCUT2D eigenvalue weighted by atomic mass is 10.1. The lowest BCUT2D eigenvalue weighted by Crippen LogP contribution is -2.15. The Labute approximate surface area is 124 Å². The van der Waals surface area contributed by atoms with E-state index in [1.807, 2.05) is 37.3 Å². The molecule has 0 saturated heterocycles. The molecule has 0 radical (unpaired) electrons. The van der Waals surface area contributed by atoms with Gasteiger partial charge in [0.1, 0.15) is 17.6 Å². The third kappa shape index (κ3) is 3.59. The van der Waals surface area contributed by atoms with Gasteiger partial charge in [-0.25, -0.2) is 0 Å². The Kier molecular flexibility index (Phi) is 3.85. The number of nitrogens with zero attached hydrogens (tertiary/aromatic N) is 2. The van der Waals surface area contributed by atoms with Gasteiger partial charge in [-0.1, -0.05) is 6.07 Å². The van der Waals surface area contributed by atoms with E-state index in [9.17, 15) is 5.26 Å². The molecule has 0 aliphatic heterocycles. The summed E-state index contributed by atoms with van der Waals surface area (Å²) >= 11 is 0. The van der Waals surface area contributed by atoms with Gasteiger partial charge in [0.2, 0.25) is 0 Å². The number of hydrogen-bond donors (Lipinski definition) is 1. The van der Waals surface area contributed by atoms with E-state index in [1.54, 1.807) is 6.20 Å². The first kappa shape index (κ1) is 13.6. The van der Waals surface area contributed by atoms with Crippen molar-refractivity contribution in [2.24, 2.45) is 0 Å². The van der Waals surface area contributed by atoms with Crippen LogP contribution in [0.25, 0.3) is 0 Å². The second-order valence-corrected chi connectivity index (χ2v) is 5.33. The minimum atomic E-state index is 0.547. The van der Waals surface area contributed by atoms with E-state index >= 15 is 0 Å². The normalized spacial score (nSPS) is 13.7. The smallest absolute Gasteiger partial charge is 0.145 e. The summed E-state index contributed by atoms with van der Waals surface area (Å²) < 4.78 is 5.74. The maximum Gasteiger partial charge on any atom is 0.145 e. The fourth-order valence-electron chi connectivity index (χ4n) is 2.05. The van der Waals surface area contributed by atoms with E-state index in [0.29, 0.717) is 23.1 Å². The number of ether oxygens (including phenoxy) is 1. The van der Waals surface area contributed by atoms with Crippen molar-refractivity contribution in [3.8, 4) is 17.6 Å². The fraction of sp³-hybridized carbons (Fsp3) is 0.294. The molecule has 1 N–H and O–H groups in total. The Morgan fingerprint density at radius 1 is 1.33 bits per heavy atom. The van der Waals surface area contributed by atoms with Gasteiger partial charge in [-0.15, -0.1) is 0 Å². The quantitative estimate of drug-likeness (QED) is 0.912. The monoisotopic (exact) mass is 279 g/mol. The number of pyridine rings is 1. The minimum absolute atomic E-state index is 0.547. The molecule has 1 heterocycles. The number of aromatic nitrogens is 1. The van der Waals surface area contributed by atoms with Crippen LogP contribution in [-0.4, -0.2) is 11.0 Å². The molecule has 4 nitrogen and oxygen atoms in total. The molecule has 1 fully saturated rings. The zero-order valence-corrected chi connectivity index (χ0v) is 12.0. The van der Waals surface area contributed by atoms with Crippen molar-refractivity contribution >= 4 is 0 Å². The minimum Gasteiger partial charge on any atom is -0.454 e. The molecule has 21 heavy (non-hydrogen) atoms. The third-order valence-electron chi connectivity index (χ3n) is 3.45. The van der Waals surface area contributed by atoms with Crippen LogP contribution in [0.1, 0.15) is 29.7 Å². The highest BCUT2D eigenvalue weighted by molar-refractivity contribution is 5.47. The Morgan fingerprint density at radius 2 is 2.19 bits per heavy atom. The molecule has 0 bridgehead atoms. The van der Waals surface area contributed by atoms with Crippen LogP contribution >= 0.6 is 0 Å². The number of hydrogen-bond acceptors (Lipinski definition) is 4. The molecular weight excluding hydrogens is 262 g/mol. The molecule has 1 aromatic carbocycles. The fourth-order valence-corrected chi connectivity index (χ4v) is 2.05. The highest BCUT2D eigenvalue weighted by Gasteiger charge is 2.20. The second-order valence-electron chi connectivity index (χ2n) is 5.33. The molecule has 0 unspecified atom stereocenters. The number of benzene rings is 1. The molecule has 0 amide bonds. The number of aryl methyl sites for hydroxylation is 1. The highest BCUT2D eigenvalue weighted by atomic mass is 16.5. The molecular formula is C17H17N3O. The van der Waals surface area contributed by atoms with E-state index in [0.717, 1.165) is 17.8 Å². The standard InChI is InChI=1S/C17H17N3O/c1-12-2-6-16(11-19-12)21-17-7-3-13(8-14(17)9-18)10-20-15-4-5-15/h2-3,6-8,11,15,20H,4-5,10H2,1H3. The lowest BCUT2D eigenvalue weighted by molar-refractivity contribution is 0.478. The van der Waals surface area contributed by atoms with Crippen LogP contribution < -0.4 is 10.1 Å². The van der Waals surface area contributed by atoms with Crippen LogP contribution in [0.15, 0.2) is 36.5 Å². The van der Waals surface area contributed by atoms with Crippen LogP contribution in [0.2, 0.25) is 0 Å². The molecule has 1 saturated carbocycles. The first-order valence-corrected chi connectivity index (χ1v) is 7.11. The Morgan fingerprint density at radius 3 is 2.86 bits per heavy atom. The predicted molar refractivity (Wildman–Crippen MR) is 80.1 cm³/mol. The third-order valence-corrected chi connectivity index (χ3v) is 3.45. The van der Waals surface area contributed by atoms with Gasteiger partial charge in [-0.2, -0.15) is 5.26 Å². The summed E-state index contributed by atoms with van der Waals surface area (Å²) in [7, 11) is 0. The SMILES string of the molecule is Cc1ccc(Oc2ccc(CNC3CC3)cc2C#N)cn1. The highest BCUT2D eigenvalue weighted by Crippen LogP contribution is 2.26. The molecule has 4 heteroatoms. The Bertz CT molecular complexity index is 669. The van der Waals surface area contributed by atoms with Crippen molar-refractivity contribution < 1.29 is 4.74 Å². The first-order valence-electron chi connectivity index (χ1n) is 7.11. The van der Waals surface area contributed by atoms with Gasteiger partial charge in [-0.05, 0) is 49.6 Å². The van der Waals surface area contributed by atoms with Crippen molar-refractivity contribution in [2.45, 2.75) is 32.4 Å². The molecule has 1 aliphatic carbocycles. The van der Waals surface area contributed by atoms with Gasteiger partial charge in [0.15, 0.2) is 0 Å². The largest absolute Gasteiger partial charge is 0.454 e. The average Bonchev–Trinajstić information content (AvgIpc) is 3.33. The molecule has 0 atom stereocenters.